The van der Waals surface area contributed by atoms with Gasteiger partial charge in [-0.05, 0) is 18.4 Å². The van der Waals surface area contributed by atoms with Crippen LogP contribution in [0.2, 0.25) is 0 Å². The first-order valence-corrected chi connectivity index (χ1v) is 5.96. The Labute approximate surface area is 96.0 Å². The zero-order valence-corrected chi connectivity index (χ0v) is 11.7. The third kappa shape index (κ3) is 24.7. The normalized spacial score (nSPS) is 9.27. The van der Waals surface area contributed by atoms with Crippen LogP contribution in [0.15, 0.2) is 5.18 Å². The molecule has 0 spiro atoms. The maximum absolute atomic E-state index is 8.56. The van der Waals surface area contributed by atoms with Crippen molar-refractivity contribution in [3.8, 4) is 0 Å². The first kappa shape index (κ1) is 20.0. The lowest BCUT2D eigenvalue weighted by Gasteiger charge is -2.23. The summed E-state index contributed by atoms with van der Waals surface area (Å²) in [6, 6.07) is 0. The van der Waals surface area contributed by atoms with Crippen molar-refractivity contribution in [2.24, 2.45) is 10.6 Å². The van der Waals surface area contributed by atoms with E-state index in [-0.39, 0.29) is 0 Å². The number of nitrogens with zero attached hydrogens (tertiary/aromatic N) is 1. The molecule has 0 saturated carbocycles. The number of nitroso groups, excluding NO2 is 1. The molecule has 0 atom stereocenters. The Bertz CT molecular complexity index is 114. The molecule has 0 radical (unpaired) electrons. The van der Waals surface area contributed by atoms with Gasteiger partial charge in [-0.25, -0.2) is 0 Å². The second-order valence-electron chi connectivity index (χ2n) is 3.88. The maximum Gasteiger partial charge on any atom is 0.0700 e. The molecule has 0 amide bonds. The molecule has 3 nitrogen and oxygen atoms in total. The van der Waals surface area contributed by atoms with E-state index in [4.69, 9.17) is 4.91 Å². The summed E-state index contributed by atoms with van der Waals surface area (Å²) in [5.74, 6) is 0. The van der Waals surface area contributed by atoms with Gasteiger partial charge < -0.3 is 5.32 Å². The summed E-state index contributed by atoms with van der Waals surface area (Å²) in [5.41, 5.74) is 0.491. The molecule has 0 rings (SSSR count). The zero-order valence-electron chi connectivity index (χ0n) is 11.7. The molecule has 94 valence electrons. The van der Waals surface area contributed by atoms with Gasteiger partial charge in [0.05, 0.1) is 7.05 Å². The largest absolute Gasteiger partial charge is 0.316 e. The van der Waals surface area contributed by atoms with E-state index in [2.05, 4.69) is 38.2 Å². The topological polar surface area (TPSA) is 41.5 Å². The Morgan fingerprint density at radius 2 is 1.60 bits per heavy atom. The molecule has 0 aromatic carbocycles. The minimum Gasteiger partial charge on any atom is -0.316 e. The van der Waals surface area contributed by atoms with Gasteiger partial charge in [-0.2, -0.15) is 4.91 Å². The highest BCUT2D eigenvalue weighted by Gasteiger charge is 2.14. The average Bonchev–Trinajstić information content (AvgIpc) is 2.19. The molecular weight excluding hydrogens is 188 g/mol. The van der Waals surface area contributed by atoms with E-state index in [0.717, 1.165) is 13.1 Å². The van der Waals surface area contributed by atoms with Crippen LogP contribution in [-0.4, -0.2) is 20.1 Å². The minimum absolute atomic E-state index is 0.491. The third-order valence-electron chi connectivity index (χ3n) is 1.78. The second-order valence-corrected chi connectivity index (χ2v) is 3.88. The molecule has 0 bridgehead atoms. The van der Waals surface area contributed by atoms with Crippen molar-refractivity contribution in [3.05, 3.63) is 4.91 Å². The molecule has 0 aliphatic rings. The molecule has 3 heteroatoms. The first-order valence-electron chi connectivity index (χ1n) is 5.96. The van der Waals surface area contributed by atoms with Crippen LogP contribution in [-0.2, 0) is 0 Å². The van der Waals surface area contributed by atoms with Crippen LogP contribution >= 0.6 is 0 Å². The predicted molar refractivity (Wildman–Crippen MR) is 70.3 cm³/mol. The lowest BCUT2D eigenvalue weighted by atomic mass is 9.88. The smallest absolute Gasteiger partial charge is 0.0700 e. The molecule has 1 N–H and O–H groups in total. The van der Waals surface area contributed by atoms with Gasteiger partial charge in [0.1, 0.15) is 0 Å². The Kier molecular flexibility index (Phi) is 21.4. The summed E-state index contributed by atoms with van der Waals surface area (Å²) in [5, 5.41) is 5.62. The van der Waals surface area contributed by atoms with Crippen molar-refractivity contribution in [1.29, 1.82) is 0 Å². The van der Waals surface area contributed by atoms with Gasteiger partial charge in [-0.15, -0.1) is 0 Å². The van der Waals surface area contributed by atoms with Gasteiger partial charge in [0.25, 0.3) is 0 Å². The molecule has 0 unspecified atom stereocenters. The van der Waals surface area contributed by atoms with Crippen molar-refractivity contribution in [1.82, 2.24) is 5.32 Å². The molecule has 0 aromatic heterocycles. The number of nitrogens with one attached hydrogen (secondary N) is 1. The van der Waals surface area contributed by atoms with Crippen molar-refractivity contribution in [3.63, 3.8) is 0 Å². The Morgan fingerprint density at radius 1 is 1.20 bits per heavy atom. The molecule has 0 aliphatic heterocycles. The standard InChI is InChI=1S/C9H21N.C2H6.CH3NO/c1-5-7-9(3,4)8-10-6-2;1-2;1-2-3/h10H,5-8H2,1-4H3;1-2H3;1H3. The average molecular weight is 218 g/mol. The van der Waals surface area contributed by atoms with Gasteiger partial charge in [0, 0.05) is 6.54 Å². The maximum atomic E-state index is 8.56. The van der Waals surface area contributed by atoms with E-state index < -0.39 is 0 Å². The molecule has 0 fully saturated rings. The summed E-state index contributed by atoms with van der Waals surface area (Å²) in [7, 11) is 1.19. The lowest BCUT2D eigenvalue weighted by Crippen LogP contribution is -2.28. The Balaban J connectivity index is -0.000000245. The Morgan fingerprint density at radius 3 is 1.87 bits per heavy atom. The van der Waals surface area contributed by atoms with E-state index in [0.29, 0.717) is 5.41 Å². The van der Waals surface area contributed by atoms with Crippen molar-refractivity contribution in [2.75, 3.05) is 20.1 Å². The number of hydrogen-bond donors (Lipinski definition) is 1. The number of rotatable bonds is 5. The van der Waals surface area contributed by atoms with Gasteiger partial charge >= 0.3 is 0 Å². The van der Waals surface area contributed by atoms with Gasteiger partial charge in [-0.3, -0.25) is 0 Å². The third-order valence-corrected chi connectivity index (χ3v) is 1.78. The monoisotopic (exact) mass is 218 g/mol. The van der Waals surface area contributed by atoms with E-state index in [1.807, 2.05) is 13.8 Å². The predicted octanol–water partition coefficient (Wildman–Crippen LogP) is 3.83. The summed E-state index contributed by atoms with van der Waals surface area (Å²) < 4.78 is 0. The highest BCUT2D eigenvalue weighted by Crippen LogP contribution is 2.20. The first-order chi connectivity index (χ1) is 7.04. The summed E-state index contributed by atoms with van der Waals surface area (Å²) in [6.07, 6.45) is 2.61. The minimum atomic E-state index is 0.491. The number of hydrogen-bond acceptors (Lipinski definition) is 3. The van der Waals surface area contributed by atoms with E-state index in [9.17, 15) is 0 Å². The van der Waals surface area contributed by atoms with E-state index >= 15 is 0 Å². The molecule has 15 heavy (non-hydrogen) atoms. The van der Waals surface area contributed by atoms with Gasteiger partial charge in [0.2, 0.25) is 0 Å². The quantitative estimate of drug-likeness (QED) is 0.712. The van der Waals surface area contributed by atoms with E-state index in [1.54, 1.807) is 0 Å². The summed E-state index contributed by atoms with van der Waals surface area (Å²) in [4.78, 5) is 8.56. The molecule has 0 aliphatic carbocycles. The zero-order chi connectivity index (χ0) is 12.7. The fourth-order valence-electron chi connectivity index (χ4n) is 1.23. The molecule has 0 aromatic rings. The fraction of sp³-hybridized carbons (Fsp3) is 1.00. The van der Waals surface area contributed by atoms with Gasteiger partial charge in [0.15, 0.2) is 0 Å². The fourth-order valence-corrected chi connectivity index (χ4v) is 1.23. The van der Waals surface area contributed by atoms with Crippen molar-refractivity contribution < 1.29 is 0 Å². The van der Waals surface area contributed by atoms with Crippen LogP contribution in [0.1, 0.15) is 54.4 Å². The van der Waals surface area contributed by atoms with Crippen LogP contribution in [0, 0.1) is 10.3 Å². The van der Waals surface area contributed by atoms with Crippen LogP contribution in [0.25, 0.3) is 0 Å². The second kappa shape index (κ2) is 16.0. The highest BCUT2D eigenvalue weighted by molar-refractivity contribution is 4.69. The van der Waals surface area contributed by atoms with Crippen LogP contribution in [0.4, 0.5) is 0 Å². The Hall–Kier alpha value is -0.440. The molecular formula is C12H30N2O. The lowest BCUT2D eigenvalue weighted by molar-refractivity contribution is 0.314. The highest BCUT2D eigenvalue weighted by atomic mass is 16.2. The van der Waals surface area contributed by atoms with Crippen molar-refractivity contribution >= 4 is 0 Å². The molecule has 0 saturated heterocycles. The van der Waals surface area contributed by atoms with Crippen LogP contribution < -0.4 is 5.32 Å². The SMILES string of the molecule is CC.CCCC(C)(C)CNCC.CN=O. The summed E-state index contributed by atoms with van der Waals surface area (Å²) in [6.45, 7) is 15.3. The van der Waals surface area contributed by atoms with Gasteiger partial charge in [-0.1, -0.05) is 53.1 Å². The summed E-state index contributed by atoms with van der Waals surface area (Å²) >= 11 is 0. The van der Waals surface area contributed by atoms with E-state index in [1.165, 1.54) is 19.9 Å². The molecule has 0 heterocycles. The van der Waals surface area contributed by atoms with Crippen LogP contribution in [0.5, 0.6) is 0 Å². The van der Waals surface area contributed by atoms with Crippen LogP contribution in [0.3, 0.4) is 0 Å². The van der Waals surface area contributed by atoms with Crippen molar-refractivity contribution in [2.45, 2.75) is 54.4 Å².